The lowest BCUT2D eigenvalue weighted by molar-refractivity contribution is -0.371. The maximum atomic E-state index is 14.8. The molecule has 0 amide bonds. The van der Waals surface area contributed by atoms with Crippen molar-refractivity contribution >= 4 is 43.5 Å². The molecular formula is C15H7Br2ClF9N. The number of allylic oxidation sites excluding steroid dienone is 4. The van der Waals surface area contributed by atoms with E-state index in [0.717, 1.165) is 0 Å². The number of alkyl halides is 10. The number of nitrogens with zero attached hydrogens (tertiary/aromatic N) is 1. The number of hydrogen-bond donors (Lipinski definition) is 0. The maximum Gasteiger partial charge on any atom is 0.457 e. The van der Waals surface area contributed by atoms with Crippen molar-refractivity contribution in [2.45, 2.75) is 34.7 Å². The minimum Gasteiger partial charge on any atom is -0.244 e. The molecule has 1 aromatic rings. The average Bonchev–Trinajstić information content (AvgIpc) is 2.51. The van der Waals surface area contributed by atoms with Crippen LogP contribution in [0.15, 0.2) is 40.5 Å². The standard InChI is InChI=1S/C15H7Br2ClF9N/c16-8-4-7(5-11(17,6-8)9-2-1-3-28-10(9)18)12(19,14(22,23)24)13(20,21)15(25,26)27/h1-5H,6H2. The van der Waals surface area contributed by atoms with Gasteiger partial charge in [0.1, 0.15) is 5.15 Å². The molecule has 1 aromatic heterocycles. The van der Waals surface area contributed by atoms with Crippen LogP contribution in [-0.4, -0.2) is 28.9 Å². The van der Waals surface area contributed by atoms with Gasteiger partial charge in [-0.05, 0) is 16.6 Å². The highest BCUT2D eigenvalue weighted by Gasteiger charge is 2.82. The fraction of sp³-hybridized carbons (Fsp3) is 0.400. The molecule has 2 unspecified atom stereocenters. The molecule has 28 heavy (non-hydrogen) atoms. The average molecular weight is 567 g/mol. The molecule has 2 atom stereocenters. The lowest BCUT2D eigenvalue weighted by atomic mass is 9.80. The van der Waals surface area contributed by atoms with E-state index in [-0.39, 0.29) is 27.7 Å². The van der Waals surface area contributed by atoms with Crippen LogP contribution in [0.25, 0.3) is 0 Å². The highest BCUT2D eigenvalue weighted by molar-refractivity contribution is 9.12. The molecular weight excluding hydrogens is 560 g/mol. The Balaban J connectivity index is 2.80. The molecule has 0 bridgehead atoms. The van der Waals surface area contributed by atoms with E-state index in [1.807, 2.05) is 0 Å². The smallest absolute Gasteiger partial charge is 0.244 e. The zero-order chi connectivity index (χ0) is 21.8. The van der Waals surface area contributed by atoms with Crippen LogP contribution in [-0.2, 0) is 4.32 Å². The van der Waals surface area contributed by atoms with Crippen molar-refractivity contribution in [2.75, 3.05) is 0 Å². The zero-order valence-electron chi connectivity index (χ0n) is 13.1. The first-order valence-electron chi connectivity index (χ1n) is 7.07. The van der Waals surface area contributed by atoms with Gasteiger partial charge in [-0.25, -0.2) is 9.37 Å². The van der Waals surface area contributed by atoms with Crippen molar-refractivity contribution in [2.24, 2.45) is 0 Å². The molecule has 156 valence electrons. The molecule has 0 spiro atoms. The van der Waals surface area contributed by atoms with E-state index < -0.39 is 33.8 Å². The van der Waals surface area contributed by atoms with Crippen molar-refractivity contribution in [3.8, 4) is 0 Å². The van der Waals surface area contributed by atoms with Crippen molar-refractivity contribution in [3.05, 3.63) is 51.3 Å². The van der Waals surface area contributed by atoms with Gasteiger partial charge in [0.15, 0.2) is 0 Å². The molecule has 1 aliphatic carbocycles. The summed E-state index contributed by atoms with van der Waals surface area (Å²) in [5.74, 6) is -6.77. The molecule has 0 fully saturated rings. The number of aromatic nitrogens is 1. The molecule has 0 radical (unpaired) electrons. The van der Waals surface area contributed by atoms with E-state index in [0.29, 0.717) is 6.08 Å². The molecule has 1 heterocycles. The Morgan fingerprint density at radius 2 is 1.57 bits per heavy atom. The quantitative estimate of drug-likeness (QED) is 0.211. The lowest BCUT2D eigenvalue weighted by Gasteiger charge is -2.39. The normalized spacial score (nSPS) is 23.7. The minimum absolute atomic E-state index is 0.0564. The summed E-state index contributed by atoms with van der Waals surface area (Å²) in [6, 6.07) is 2.56. The third kappa shape index (κ3) is 3.71. The van der Waals surface area contributed by atoms with Crippen molar-refractivity contribution < 1.29 is 39.5 Å². The minimum atomic E-state index is -6.81. The van der Waals surface area contributed by atoms with Crippen molar-refractivity contribution in [1.29, 1.82) is 0 Å². The van der Waals surface area contributed by atoms with E-state index in [1.165, 1.54) is 18.3 Å². The molecule has 2 rings (SSSR count). The predicted octanol–water partition coefficient (Wildman–Crippen LogP) is 7.40. The van der Waals surface area contributed by atoms with E-state index in [9.17, 15) is 39.5 Å². The molecule has 1 aliphatic rings. The van der Waals surface area contributed by atoms with Crippen molar-refractivity contribution in [3.63, 3.8) is 0 Å². The monoisotopic (exact) mass is 565 g/mol. The highest BCUT2D eigenvalue weighted by atomic mass is 79.9. The Hall–Kier alpha value is -0.750. The molecule has 0 aromatic carbocycles. The van der Waals surface area contributed by atoms with Crippen LogP contribution < -0.4 is 0 Å². The van der Waals surface area contributed by atoms with E-state index in [1.54, 1.807) is 0 Å². The lowest BCUT2D eigenvalue weighted by Crippen LogP contribution is -2.63. The van der Waals surface area contributed by atoms with Crippen LogP contribution in [0.3, 0.4) is 0 Å². The summed E-state index contributed by atoms with van der Waals surface area (Å²) >= 11 is 11.6. The summed E-state index contributed by atoms with van der Waals surface area (Å²) in [7, 11) is 0. The first kappa shape index (κ1) is 23.5. The van der Waals surface area contributed by atoms with Gasteiger partial charge in [0.25, 0.3) is 0 Å². The Bertz CT molecular complexity index is 834. The van der Waals surface area contributed by atoms with E-state index in [2.05, 4.69) is 36.8 Å². The van der Waals surface area contributed by atoms with Crippen LogP contribution in [0, 0.1) is 0 Å². The second kappa shape index (κ2) is 7.19. The molecule has 0 saturated heterocycles. The Morgan fingerprint density at radius 1 is 1.00 bits per heavy atom. The largest absolute Gasteiger partial charge is 0.457 e. The fourth-order valence-electron chi connectivity index (χ4n) is 2.59. The topological polar surface area (TPSA) is 12.9 Å². The van der Waals surface area contributed by atoms with Gasteiger partial charge in [-0.15, -0.1) is 0 Å². The van der Waals surface area contributed by atoms with Crippen molar-refractivity contribution in [1.82, 2.24) is 4.98 Å². The Labute approximate surface area is 173 Å². The van der Waals surface area contributed by atoms with Crippen LogP contribution in [0.4, 0.5) is 39.5 Å². The van der Waals surface area contributed by atoms with Crippen LogP contribution in [0.1, 0.15) is 12.0 Å². The summed E-state index contributed by atoms with van der Waals surface area (Å²) in [6.07, 6.45) is -11.9. The summed E-state index contributed by atoms with van der Waals surface area (Å²) in [5, 5.41) is -0.267. The second-order valence-electron chi connectivity index (χ2n) is 5.80. The fourth-order valence-corrected chi connectivity index (χ4v) is 4.93. The van der Waals surface area contributed by atoms with Gasteiger partial charge in [0.05, 0.1) is 4.32 Å². The van der Waals surface area contributed by atoms with Crippen LogP contribution >= 0.6 is 43.5 Å². The van der Waals surface area contributed by atoms with Gasteiger partial charge < -0.3 is 0 Å². The van der Waals surface area contributed by atoms with E-state index in [4.69, 9.17) is 11.6 Å². The van der Waals surface area contributed by atoms with Gasteiger partial charge in [0, 0.05) is 23.8 Å². The third-order valence-electron chi connectivity index (χ3n) is 3.91. The number of rotatable bonds is 3. The van der Waals surface area contributed by atoms with Crippen LogP contribution in [0.2, 0.25) is 5.15 Å². The van der Waals surface area contributed by atoms with Gasteiger partial charge >= 0.3 is 23.9 Å². The zero-order valence-corrected chi connectivity index (χ0v) is 17.0. The molecule has 0 aliphatic heterocycles. The summed E-state index contributed by atoms with van der Waals surface area (Å²) < 4.78 is 118. The van der Waals surface area contributed by atoms with Crippen LogP contribution in [0.5, 0.6) is 0 Å². The van der Waals surface area contributed by atoms with Gasteiger partial charge in [-0.3, -0.25) is 0 Å². The Kier molecular flexibility index (Phi) is 6.04. The maximum absolute atomic E-state index is 14.8. The summed E-state index contributed by atoms with van der Waals surface area (Å²) in [4.78, 5) is 3.68. The predicted molar refractivity (Wildman–Crippen MR) is 90.5 cm³/mol. The molecule has 0 saturated carbocycles. The SMILES string of the molecule is FC(F)(F)C(F)(F)C(F)(C1=CC(Br)(c2cccnc2Cl)CC(Br)=C1)C(F)(F)F. The number of halogens is 12. The Morgan fingerprint density at radius 3 is 2.04 bits per heavy atom. The van der Waals surface area contributed by atoms with Gasteiger partial charge in [-0.2, -0.15) is 35.1 Å². The highest BCUT2D eigenvalue weighted by Crippen LogP contribution is 2.59. The third-order valence-corrected chi connectivity index (χ3v) is 5.65. The second-order valence-corrected chi connectivity index (χ2v) is 8.59. The molecule has 0 N–H and O–H groups in total. The molecule has 1 nitrogen and oxygen atoms in total. The first-order valence-corrected chi connectivity index (χ1v) is 9.03. The first-order chi connectivity index (χ1) is 12.5. The summed E-state index contributed by atoms with van der Waals surface area (Å²) in [5.41, 5.74) is -8.04. The molecule has 13 heteroatoms. The van der Waals surface area contributed by atoms with Gasteiger partial charge in [-0.1, -0.05) is 55.6 Å². The van der Waals surface area contributed by atoms with Gasteiger partial charge in [0.2, 0.25) is 0 Å². The van der Waals surface area contributed by atoms with E-state index >= 15 is 0 Å². The number of hydrogen-bond acceptors (Lipinski definition) is 1. The summed E-state index contributed by atoms with van der Waals surface area (Å²) in [6.45, 7) is 0. The number of pyridine rings is 1.